The Balaban J connectivity index is 2.25. The van der Waals surface area contributed by atoms with E-state index in [9.17, 15) is 14.4 Å². The van der Waals surface area contributed by atoms with Gasteiger partial charge in [0.05, 0.1) is 5.69 Å². The van der Waals surface area contributed by atoms with Crippen LogP contribution in [0.25, 0.3) is 0 Å². The van der Waals surface area contributed by atoms with Crippen molar-refractivity contribution in [1.82, 2.24) is 10.3 Å². The van der Waals surface area contributed by atoms with Crippen LogP contribution in [0.3, 0.4) is 0 Å². The second kappa shape index (κ2) is 5.49. The van der Waals surface area contributed by atoms with Gasteiger partial charge in [0, 0.05) is 31.5 Å². The molecule has 3 amide bonds. The number of fused-ring (bicyclic) bond motifs is 2. The topological polar surface area (TPSA) is 82.1 Å². The lowest BCUT2D eigenvalue weighted by atomic mass is 10.0. The highest BCUT2D eigenvalue weighted by Gasteiger charge is 2.61. The molecule has 0 saturated heterocycles. The van der Waals surface area contributed by atoms with Crippen molar-refractivity contribution < 1.29 is 14.4 Å². The molecule has 0 saturated carbocycles. The molecular weight excluding hydrogens is 352 g/mol. The highest BCUT2D eigenvalue weighted by Crippen LogP contribution is 2.56. The fraction of sp³-hybridized carbons (Fsp3) is 0.333. The average molecular weight is 367 g/mol. The van der Waals surface area contributed by atoms with Gasteiger partial charge >= 0.3 is 0 Å². The maximum Gasteiger partial charge on any atom is 0.270 e. The smallest absolute Gasteiger partial charge is 0.270 e. The molecule has 0 bridgehead atoms. The molecule has 1 atom stereocenters. The van der Waals surface area contributed by atoms with Gasteiger partial charge in [0.1, 0.15) is 0 Å². The van der Waals surface area contributed by atoms with Gasteiger partial charge in [0.2, 0.25) is 16.7 Å². The molecule has 0 fully saturated rings. The molecule has 2 heterocycles. The van der Waals surface area contributed by atoms with E-state index in [-0.39, 0.29) is 17.0 Å². The highest BCUT2D eigenvalue weighted by molar-refractivity contribution is 8.15. The quantitative estimate of drug-likeness (QED) is 0.758. The number of rotatable bonds is 0. The summed E-state index contributed by atoms with van der Waals surface area (Å²) in [5.74, 6) is -1.09. The van der Waals surface area contributed by atoms with E-state index in [1.807, 2.05) is 13.0 Å². The Labute approximate surface area is 148 Å². The third-order valence-electron chi connectivity index (χ3n) is 3.91. The molecule has 1 spiro atoms. The van der Waals surface area contributed by atoms with Crippen molar-refractivity contribution >= 4 is 51.9 Å². The first-order valence-electron chi connectivity index (χ1n) is 7.14. The number of amides is 3. The Morgan fingerprint density at radius 1 is 1.33 bits per heavy atom. The number of likely N-dealkylation sites (N-methyl/N-ethyl adjacent to an activating group) is 1. The van der Waals surface area contributed by atoms with Crippen LogP contribution in [0.1, 0.15) is 25.0 Å². The predicted molar refractivity (Wildman–Crippen MR) is 92.6 cm³/mol. The lowest BCUT2D eigenvalue weighted by molar-refractivity contribution is -0.139. The number of benzene rings is 1. The summed E-state index contributed by atoms with van der Waals surface area (Å²) in [6, 6.07) is 3.51. The minimum absolute atomic E-state index is 0.185. The van der Waals surface area contributed by atoms with E-state index in [1.165, 1.54) is 18.7 Å². The molecule has 3 rings (SSSR count). The van der Waals surface area contributed by atoms with Crippen LogP contribution in [0.4, 0.5) is 5.69 Å². The number of carbonyl (C=O) groups excluding carboxylic acids is 3. The number of nitrogens with zero attached hydrogens (tertiary/aromatic N) is 3. The molecule has 1 N–H and O–H groups in total. The lowest BCUT2D eigenvalue weighted by Gasteiger charge is -2.29. The predicted octanol–water partition coefficient (Wildman–Crippen LogP) is 1.78. The maximum atomic E-state index is 13.1. The number of hydrogen-bond donors (Lipinski definition) is 1. The van der Waals surface area contributed by atoms with Gasteiger partial charge in [-0.05, 0) is 30.3 Å². The zero-order valence-electron chi connectivity index (χ0n) is 13.5. The monoisotopic (exact) mass is 366 g/mol. The number of thioether (sulfide) groups is 1. The van der Waals surface area contributed by atoms with Crippen LogP contribution in [0, 0.1) is 6.92 Å². The number of hydrogen-bond acceptors (Lipinski definition) is 5. The van der Waals surface area contributed by atoms with E-state index in [0.717, 1.165) is 22.3 Å². The van der Waals surface area contributed by atoms with E-state index in [0.29, 0.717) is 16.3 Å². The van der Waals surface area contributed by atoms with Gasteiger partial charge in [-0.2, -0.15) is 5.01 Å². The van der Waals surface area contributed by atoms with E-state index in [4.69, 9.17) is 11.6 Å². The average Bonchev–Trinajstić information content (AvgIpc) is 2.96. The summed E-state index contributed by atoms with van der Waals surface area (Å²) >= 11 is 7.41. The Bertz CT molecular complexity index is 825. The number of halogens is 1. The van der Waals surface area contributed by atoms with Gasteiger partial charge in [0.25, 0.3) is 5.91 Å². The molecule has 0 aromatic heterocycles. The number of anilines is 1. The third-order valence-corrected chi connectivity index (χ3v) is 5.45. The molecule has 0 radical (unpaired) electrons. The molecule has 1 aromatic carbocycles. The number of carbonyl (C=O) groups is 3. The Morgan fingerprint density at radius 2 is 2.00 bits per heavy atom. The van der Waals surface area contributed by atoms with E-state index in [2.05, 4.69) is 10.4 Å². The van der Waals surface area contributed by atoms with Gasteiger partial charge in [0.15, 0.2) is 5.17 Å². The van der Waals surface area contributed by atoms with Crippen molar-refractivity contribution in [3.05, 3.63) is 28.3 Å². The van der Waals surface area contributed by atoms with Crippen molar-refractivity contribution in [2.24, 2.45) is 5.10 Å². The molecule has 126 valence electrons. The molecule has 24 heavy (non-hydrogen) atoms. The Kier molecular flexibility index (Phi) is 3.84. The van der Waals surface area contributed by atoms with Gasteiger partial charge in [-0.1, -0.05) is 17.7 Å². The van der Waals surface area contributed by atoms with Crippen LogP contribution in [-0.4, -0.2) is 34.9 Å². The van der Waals surface area contributed by atoms with Gasteiger partial charge in [-0.15, -0.1) is 5.10 Å². The van der Waals surface area contributed by atoms with Crippen molar-refractivity contribution in [1.29, 1.82) is 0 Å². The second-order valence-corrected chi connectivity index (χ2v) is 7.20. The van der Waals surface area contributed by atoms with Crippen LogP contribution in [-0.2, 0) is 19.3 Å². The molecule has 1 unspecified atom stereocenters. The van der Waals surface area contributed by atoms with E-state index >= 15 is 0 Å². The summed E-state index contributed by atoms with van der Waals surface area (Å²) in [4.78, 5) is 36.7. The molecule has 2 aliphatic rings. The van der Waals surface area contributed by atoms with Crippen LogP contribution in [0.15, 0.2) is 17.2 Å². The molecule has 7 nitrogen and oxygen atoms in total. The highest BCUT2D eigenvalue weighted by atomic mass is 35.5. The van der Waals surface area contributed by atoms with Crippen molar-refractivity contribution in [2.75, 3.05) is 11.9 Å². The number of hydrazone groups is 1. The first-order chi connectivity index (χ1) is 11.2. The Hall–Kier alpha value is -2.06. The number of aryl methyl sites for hydroxylation is 1. The minimum Gasteiger partial charge on any atom is -0.312 e. The number of nitrogens with one attached hydrogen (secondary N) is 1. The summed E-state index contributed by atoms with van der Waals surface area (Å²) in [6.07, 6.45) is 0. The zero-order chi connectivity index (χ0) is 17.8. The first-order valence-corrected chi connectivity index (χ1v) is 8.33. The molecule has 9 heteroatoms. The zero-order valence-corrected chi connectivity index (χ0v) is 15.1. The summed E-state index contributed by atoms with van der Waals surface area (Å²) in [7, 11) is 1.63. The van der Waals surface area contributed by atoms with E-state index < -0.39 is 10.8 Å². The summed E-state index contributed by atoms with van der Waals surface area (Å²) in [5.41, 5.74) is 2.03. The molecule has 1 aromatic rings. The van der Waals surface area contributed by atoms with Crippen molar-refractivity contribution in [3.8, 4) is 0 Å². The summed E-state index contributed by atoms with van der Waals surface area (Å²) < 4.78 is 0. The molecule has 2 aliphatic heterocycles. The molecular formula is C15H15ClN4O3S. The third kappa shape index (κ3) is 2.13. The first kappa shape index (κ1) is 16.8. The van der Waals surface area contributed by atoms with Crippen LogP contribution in [0.2, 0.25) is 5.02 Å². The second-order valence-electron chi connectivity index (χ2n) is 5.62. The maximum absolute atomic E-state index is 13.1. The number of amidine groups is 1. The standard InChI is InChI=1S/C15H15ClN4O3S/c1-7-5-6-10(16)11-12(7)19(4)13(23)15(11)20(9(3)22)18-14(24-15)17-8(2)21/h5-6H,1-4H3,(H,17,18,21). The van der Waals surface area contributed by atoms with Crippen molar-refractivity contribution in [3.63, 3.8) is 0 Å². The van der Waals surface area contributed by atoms with Gasteiger partial charge in [-0.25, -0.2) is 0 Å². The minimum atomic E-state index is -1.43. The largest absolute Gasteiger partial charge is 0.312 e. The Morgan fingerprint density at radius 3 is 2.58 bits per heavy atom. The van der Waals surface area contributed by atoms with Crippen molar-refractivity contribution in [2.45, 2.75) is 25.6 Å². The van der Waals surface area contributed by atoms with Crippen LogP contribution in [0.5, 0.6) is 0 Å². The van der Waals surface area contributed by atoms with E-state index in [1.54, 1.807) is 13.1 Å². The normalized spacial score (nSPS) is 22.0. The van der Waals surface area contributed by atoms with Gasteiger partial charge < -0.3 is 10.2 Å². The lowest BCUT2D eigenvalue weighted by Crippen LogP contribution is -2.47. The fourth-order valence-electron chi connectivity index (χ4n) is 3.01. The fourth-order valence-corrected chi connectivity index (χ4v) is 4.74. The molecule has 0 aliphatic carbocycles. The van der Waals surface area contributed by atoms with Crippen LogP contribution >= 0.6 is 23.4 Å². The summed E-state index contributed by atoms with van der Waals surface area (Å²) in [6.45, 7) is 4.52. The SMILES string of the molecule is CC(=O)NC1=NN(C(C)=O)C2(S1)C(=O)N(C)c1c(C)ccc(Cl)c12. The van der Waals surface area contributed by atoms with Gasteiger partial charge in [-0.3, -0.25) is 14.4 Å². The van der Waals surface area contributed by atoms with Crippen LogP contribution < -0.4 is 10.2 Å². The summed E-state index contributed by atoms with van der Waals surface area (Å²) in [5, 5.41) is 8.34.